The summed E-state index contributed by atoms with van der Waals surface area (Å²) in [5.74, 6) is 0.608. The van der Waals surface area contributed by atoms with E-state index in [1.54, 1.807) is 43.5 Å². The molecular formula is C21H25N5O2. The first-order chi connectivity index (χ1) is 13.5. The normalized spacial score (nSPS) is 10.6. The molecule has 7 heteroatoms. The van der Waals surface area contributed by atoms with Crippen molar-refractivity contribution >= 4 is 11.6 Å². The van der Waals surface area contributed by atoms with Crippen molar-refractivity contribution in [2.45, 2.75) is 20.4 Å². The predicted octanol–water partition coefficient (Wildman–Crippen LogP) is 3.29. The third-order valence-electron chi connectivity index (χ3n) is 4.33. The fourth-order valence-corrected chi connectivity index (χ4v) is 2.82. The molecule has 1 amide bonds. The van der Waals surface area contributed by atoms with Crippen molar-refractivity contribution in [3.05, 3.63) is 65.7 Å². The topological polar surface area (TPSA) is 72.3 Å². The fraction of sp³-hybridized carbons (Fsp3) is 0.286. The van der Waals surface area contributed by atoms with Gasteiger partial charge in [-0.05, 0) is 44.2 Å². The highest BCUT2D eigenvalue weighted by atomic mass is 16.5. The van der Waals surface area contributed by atoms with Gasteiger partial charge in [0.25, 0.3) is 5.91 Å². The van der Waals surface area contributed by atoms with Crippen LogP contribution in [0.4, 0.5) is 5.69 Å². The van der Waals surface area contributed by atoms with Crippen molar-refractivity contribution in [2.75, 3.05) is 26.0 Å². The SMILES string of the molecule is CCOc1cc(C(=O)N(C)C)ccc1NCc1cn(-c2ccncc2)nc1C. The first-order valence-corrected chi connectivity index (χ1v) is 9.17. The molecule has 2 aromatic heterocycles. The van der Waals surface area contributed by atoms with Gasteiger partial charge in [0.2, 0.25) is 0 Å². The van der Waals surface area contributed by atoms with Gasteiger partial charge in [0.05, 0.1) is 23.7 Å². The van der Waals surface area contributed by atoms with Crippen molar-refractivity contribution in [3.8, 4) is 11.4 Å². The third-order valence-corrected chi connectivity index (χ3v) is 4.33. The van der Waals surface area contributed by atoms with E-state index in [-0.39, 0.29) is 5.91 Å². The minimum absolute atomic E-state index is 0.0537. The summed E-state index contributed by atoms with van der Waals surface area (Å²) in [6.07, 6.45) is 5.49. The van der Waals surface area contributed by atoms with Gasteiger partial charge in [0.1, 0.15) is 5.75 Å². The number of anilines is 1. The zero-order valence-electron chi connectivity index (χ0n) is 16.6. The molecule has 0 aliphatic heterocycles. The molecule has 3 rings (SSSR count). The van der Waals surface area contributed by atoms with Crippen LogP contribution in [0.25, 0.3) is 5.69 Å². The highest BCUT2D eigenvalue weighted by Gasteiger charge is 2.13. The molecule has 0 aliphatic rings. The van der Waals surface area contributed by atoms with Gasteiger partial charge >= 0.3 is 0 Å². The zero-order chi connectivity index (χ0) is 20.1. The van der Waals surface area contributed by atoms with Crippen LogP contribution in [0.1, 0.15) is 28.5 Å². The zero-order valence-corrected chi connectivity index (χ0v) is 16.6. The Kier molecular flexibility index (Phi) is 5.93. The van der Waals surface area contributed by atoms with Crippen LogP contribution in [0.2, 0.25) is 0 Å². The number of ether oxygens (including phenoxy) is 1. The number of benzene rings is 1. The van der Waals surface area contributed by atoms with Crippen molar-refractivity contribution in [1.29, 1.82) is 0 Å². The van der Waals surface area contributed by atoms with Crippen molar-refractivity contribution < 1.29 is 9.53 Å². The summed E-state index contributed by atoms with van der Waals surface area (Å²) in [5.41, 5.74) is 4.43. The summed E-state index contributed by atoms with van der Waals surface area (Å²) < 4.78 is 7.58. The van der Waals surface area contributed by atoms with Crippen LogP contribution >= 0.6 is 0 Å². The molecule has 146 valence electrons. The van der Waals surface area contributed by atoms with Crippen LogP contribution in [0, 0.1) is 6.92 Å². The van der Waals surface area contributed by atoms with E-state index in [4.69, 9.17) is 4.74 Å². The van der Waals surface area contributed by atoms with E-state index in [0.717, 1.165) is 22.6 Å². The molecule has 0 radical (unpaired) electrons. The Morgan fingerprint density at radius 1 is 1.21 bits per heavy atom. The summed E-state index contributed by atoms with van der Waals surface area (Å²) >= 11 is 0. The van der Waals surface area contributed by atoms with Crippen LogP contribution in [-0.4, -0.2) is 46.3 Å². The van der Waals surface area contributed by atoms with Gasteiger partial charge in [-0.3, -0.25) is 9.78 Å². The first kappa shape index (κ1) is 19.4. The van der Waals surface area contributed by atoms with Gasteiger partial charge in [0.15, 0.2) is 0 Å². The first-order valence-electron chi connectivity index (χ1n) is 9.17. The van der Waals surface area contributed by atoms with Crippen LogP contribution < -0.4 is 10.1 Å². The number of aromatic nitrogens is 3. The molecule has 2 heterocycles. The highest BCUT2D eigenvalue weighted by Crippen LogP contribution is 2.27. The lowest BCUT2D eigenvalue weighted by Crippen LogP contribution is -2.21. The van der Waals surface area contributed by atoms with Crippen LogP contribution in [-0.2, 0) is 6.54 Å². The maximum atomic E-state index is 12.2. The van der Waals surface area contributed by atoms with E-state index in [1.807, 2.05) is 42.9 Å². The summed E-state index contributed by atoms with van der Waals surface area (Å²) in [4.78, 5) is 17.8. The third kappa shape index (κ3) is 4.31. The molecule has 0 bridgehead atoms. The average Bonchev–Trinajstić information content (AvgIpc) is 3.08. The van der Waals surface area contributed by atoms with E-state index in [1.165, 1.54) is 0 Å². The van der Waals surface area contributed by atoms with Crippen molar-refractivity contribution in [3.63, 3.8) is 0 Å². The van der Waals surface area contributed by atoms with Gasteiger partial charge in [-0.15, -0.1) is 0 Å². The van der Waals surface area contributed by atoms with Gasteiger partial charge in [-0.1, -0.05) is 0 Å². The van der Waals surface area contributed by atoms with E-state index in [9.17, 15) is 4.79 Å². The van der Waals surface area contributed by atoms with Gasteiger partial charge in [-0.25, -0.2) is 4.68 Å². The molecule has 3 aromatic rings. The highest BCUT2D eigenvalue weighted by molar-refractivity contribution is 5.95. The number of hydrogen-bond donors (Lipinski definition) is 1. The lowest BCUT2D eigenvalue weighted by atomic mass is 10.1. The maximum absolute atomic E-state index is 12.2. The van der Waals surface area contributed by atoms with Gasteiger partial charge in [0, 0.05) is 50.4 Å². The molecular weight excluding hydrogens is 354 g/mol. The molecule has 0 unspecified atom stereocenters. The number of carbonyl (C=O) groups excluding carboxylic acids is 1. The standard InChI is InChI=1S/C21H25N5O2/c1-5-28-20-12-16(21(27)25(3)4)6-7-19(20)23-13-17-14-26(24-15(17)2)18-8-10-22-11-9-18/h6-12,14,23H,5,13H2,1-4H3. The summed E-state index contributed by atoms with van der Waals surface area (Å²) in [7, 11) is 3.47. The van der Waals surface area contributed by atoms with Crippen LogP contribution in [0.3, 0.4) is 0 Å². The molecule has 1 aromatic carbocycles. The van der Waals surface area contributed by atoms with Crippen LogP contribution in [0.15, 0.2) is 48.9 Å². The molecule has 28 heavy (non-hydrogen) atoms. The number of carbonyl (C=O) groups is 1. The Morgan fingerprint density at radius 2 is 1.96 bits per heavy atom. The second-order valence-electron chi connectivity index (χ2n) is 6.59. The number of nitrogens with zero attached hydrogens (tertiary/aromatic N) is 4. The molecule has 1 N–H and O–H groups in total. The minimum atomic E-state index is -0.0537. The second kappa shape index (κ2) is 8.56. The van der Waals surface area contributed by atoms with E-state index in [2.05, 4.69) is 15.4 Å². The number of aryl methyl sites for hydroxylation is 1. The Morgan fingerprint density at radius 3 is 2.64 bits per heavy atom. The summed E-state index contributed by atoms with van der Waals surface area (Å²) in [6, 6.07) is 9.29. The molecule has 0 saturated carbocycles. The molecule has 0 aliphatic carbocycles. The molecule has 7 nitrogen and oxygen atoms in total. The number of nitrogens with one attached hydrogen (secondary N) is 1. The van der Waals surface area contributed by atoms with E-state index >= 15 is 0 Å². The predicted molar refractivity (Wildman–Crippen MR) is 109 cm³/mol. The molecule has 0 fully saturated rings. The minimum Gasteiger partial charge on any atom is -0.492 e. The van der Waals surface area contributed by atoms with E-state index in [0.29, 0.717) is 24.5 Å². The maximum Gasteiger partial charge on any atom is 0.253 e. The Labute approximate surface area is 165 Å². The fourth-order valence-electron chi connectivity index (χ4n) is 2.82. The lowest BCUT2D eigenvalue weighted by molar-refractivity contribution is 0.0827. The van der Waals surface area contributed by atoms with Crippen molar-refractivity contribution in [2.24, 2.45) is 0 Å². The molecule has 0 atom stereocenters. The van der Waals surface area contributed by atoms with Gasteiger partial charge < -0.3 is 15.0 Å². The second-order valence-corrected chi connectivity index (χ2v) is 6.59. The Balaban J connectivity index is 1.79. The number of amides is 1. The van der Waals surface area contributed by atoms with Crippen molar-refractivity contribution in [1.82, 2.24) is 19.7 Å². The molecule has 0 saturated heterocycles. The quantitative estimate of drug-likeness (QED) is 0.682. The number of rotatable bonds is 7. The lowest BCUT2D eigenvalue weighted by Gasteiger charge is -2.15. The average molecular weight is 379 g/mol. The Bertz CT molecular complexity index is 951. The number of pyridine rings is 1. The van der Waals surface area contributed by atoms with Crippen LogP contribution in [0.5, 0.6) is 5.75 Å². The number of hydrogen-bond acceptors (Lipinski definition) is 5. The van der Waals surface area contributed by atoms with Gasteiger partial charge in [-0.2, -0.15) is 5.10 Å². The Hall–Kier alpha value is -3.35. The molecule has 0 spiro atoms. The largest absolute Gasteiger partial charge is 0.492 e. The smallest absolute Gasteiger partial charge is 0.253 e. The van der Waals surface area contributed by atoms with E-state index < -0.39 is 0 Å². The summed E-state index contributed by atoms with van der Waals surface area (Å²) in [6.45, 7) is 5.02. The monoisotopic (exact) mass is 379 g/mol. The summed E-state index contributed by atoms with van der Waals surface area (Å²) in [5, 5.41) is 7.98.